The van der Waals surface area contributed by atoms with Gasteiger partial charge in [-0.3, -0.25) is 20.1 Å². The standard InChI is InChI=1S/C15H24N4O/c1-2-19(14-6-4-3-5-7-14)11-13-9-8-12(10-17-13)15(20)18-16/h8-10,14H,2-7,11,16H2,1H3,(H,18,20). The highest BCUT2D eigenvalue weighted by Gasteiger charge is 2.20. The van der Waals surface area contributed by atoms with E-state index in [1.54, 1.807) is 12.3 Å². The molecule has 0 saturated heterocycles. The largest absolute Gasteiger partial charge is 0.295 e. The third kappa shape index (κ3) is 3.77. The Hall–Kier alpha value is -1.46. The molecule has 3 N–H and O–H groups in total. The van der Waals surface area contributed by atoms with Crippen molar-refractivity contribution in [2.75, 3.05) is 6.54 Å². The highest BCUT2D eigenvalue weighted by Crippen LogP contribution is 2.23. The first-order valence-electron chi connectivity index (χ1n) is 7.44. The lowest BCUT2D eigenvalue weighted by atomic mass is 9.94. The minimum Gasteiger partial charge on any atom is -0.295 e. The summed E-state index contributed by atoms with van der Waals surface area (Å²) in [5.74, 6) is 4.80. The van der Waals surface area contributed by atoms with E-state index in [2.05, 4.69) is 22.2 Å². The zero-order chi connectivity index (χ0) is 14.4. The Morgan fingerprint density at radius 2 is 2.15 bits per heavy atom. The summed E-state index contributed by atoms with van der Waals surface area (Å²) in [6, 6.07) is 4.37. The van der Waals surface area contributed by atoms with Gasteiger partial charge in [-0.25, -0.2) is 5.84 Å². The number of nitrogen functional groups attached to an aromatic ring is 1. The molecule has 20 heavy (non-hydrogen) atoms. The first kappa shape index (κ1) is 14.9. The summed E-state index contributed by atoms with van der Waals surface area (Å²) in [4.78, 5) is 18.2. The van der Waals surface area contributed by atoms with Gasteiger partial charge in [0.15, 0.2) is 0 Å². The predicted molar refractivity (Wildman–Crippen MR) is 78.8 cm³/mol. The Morgan fingerprint density at radius 1 is 1.40 bits per heavy atom. The second-order valence-corrected chi connectivity index (χ2v) is 5.37. The summed E-state index contributed by atoms with van der Waals surface area (Å²) >= 11 is 0. The van der Waals surface area contributed by atoms with Gasteiger partial charge in [-0.15, -0.1) is 0 Å². The third-order valence-electron chi connectivity index (χ3n) is 4.08. The first-order valence-corrected chi connectivity index (χ1v) is 7.44. The van der Waals surface area contributed by atoms with Crippen molar-refractivity contribution in [3.8, 4) is 0 Å². The van der Waals surface area contributed by atoms with E-state index in [1.807, 2.05) is 6.07 Å². The van der Waals surface area contributed by atoms with Crippen LogP contribution in [0.25, 0.3) is 0 Å². The van der Waals surface area contributed by atoms with Crippen LogP contribution in [0, 0.1) is 0 Å². The number of carbonyl (C=O) groups excluding carboxylic acids is 1. The lowest BCUT2D eigenvalue weighted by molar-refractivity contribution is 0.0953. The number of nitrogens with zero attached hydrogens (tertiary/aromatic N) is 2. The van der Waals surface area contributed by atoms with Crippen LogP contribution in [0.15, 0.2) is 18.3 Å². The van der Waals surface area contributed by atoms with E-state index in [-0.39, 0.29) is 5.91 Å². The second kappa shape index (κ2) is 7.36. The molecule has 2 rings (SSSR count). The number of aromatic nitrogens is 1. The quantitative estimate of drug-likeness (QED) is 0.489. The molecule has 5 nitrogen and oxygen atoms in total. The summed E-state index contributed by atoms with van der Waals surface area (Å²) in [6.45, 7) is 4.09. The van der Waals surface area contributed by atoms with Gasteiger partial charge in [-0.1, -0.05) is 26.2 Å². The molecule has 0 aliphatic heterocycles. The van der Waals surface area contributed by atoms with Crippen molar-refractivity contribution in [1.82, 2.24) is 15.3 Å². The second-order valence-electron chi connectivity index (χ2n) is 5.37. The zero-order valence-corrected chi connectivity index (χ0v) is 12.1. The Labute approximate surface area is 120 Å². The molecule has 1 saturated carbocycles. The van der Waals surface area contributed by atoms with E-state index >= 15 is 0 Å². The minimum absolute atomic E-state index is 0.302. The van der Waals surface area contributed by atoms with E-state index in [0.717, 1.165) is 18.8 Å². The molecule has 0 aromatic carbocycles. The molecular weight excluding hydrogens is 252 g/mol. The van der Waals surface area contributed by atoms with Crippen molar-refractivity contribution in [3.05, 3.63) is 29.6 Å². The molecular formula is C15H24N4O. The van der Waals surface area contributed by atoms with Crippen LogP contribution < -0.4 is 11.3 Å². The summed E-state index contributed by atoms with van der Waals surface area (Å²) in [6.07, 6.45) is 8.22. The van der Waals surface area contributed by atoms with Crippen molar-refractivity contribution in [2.45, 2.75) is 51.6 Å². The molecule has 5 heteroatoms. The van der Waals surface area contributed by atoms with E-state index in [1.165, 1.54) is 32.1 Å². The van der Waals surface area contributed by atoms with Crippen molar-refractivity contribution in [2.24, 2.45) is 5.84 Å². The number of nitrogens with two attached hydrogens (primary N) is 1. The number of rotatable bonds is 5. The van der Waals surface area contributed by atoms with Gasteiger partial charge in [0, 0.05) is 18.8 Å². The highest BCUT2D eigenvalue weighted by atomic mass is 16.2. The summed E-state index contributed by atoms with van der Waals surface area (Å²) in [7, 11) is 0. The topological polar surface area (TPSA) is 71.2 Å². The Morgan fingerprint density at radius 3 is 2.70 bits per heavy atom. The molecule has 0 spiro atoms. The summed E-state index contributed by atoms with van der Waals surface area (Å²) in [5, 5.41) is 0. The van der Waals surface area contributed by atoms with Gasteiger partial charge in [0.1, 0.15) is 0 Å². The van der Waals surface area contributed by atoms with Crippen LogP contribution in [-0.4, -0.2) is 28.4 Å². The molecule has 0 bridgehead atoms. The number of pyridine rings is 1. The SMILES string of the molecule is CCN(Cc1ccc(C(=O)NN)cn1)C1CCCCC1. The molecule has 1 fully saturated rings. The number of amides is 1. The predicted octanol–water partition coefficient (Wildman–Crippen LogP) is 1.84. The van der Waals surface area contributed by atoms with Crippen molar-refractivity contribution in [3.63, 3.8) is 0 Å². The zero-order valence-electron chi connectivity index (χ0n) is 12.1. The normalized spacial score (nSPS) is 16.4. The van der Waals surface area contributed by atoms with Gasteiger partial charge in [-0.05, 0) is 31.5 Å². The minimum atomic E-state index is -0.302. The molecule has 1 heterocycles. The lowest BCUT2D eigenvalue weighted by Crippen LogP contribution is -2.36. The fourth-order valence-electron chi connectivity index (χ4n) is 2.89. The Balaban J connectivity index is 1.98. The molecule has 1 amide bonds. The maximum atomic E-state index is 11.4. The molecule has 110 valence electrons. The molecule has 0 radical (unpaired) electrons. The fraction of sp³-hybridized carbons (Fsp3) is 0.600. The van der Waals surface area contributed by atoms with Crippen LogP contribution in [0.1, 0.15) is 55.1 Å². The molecule has 0 atom stereocenters. The fourth-order valence-corrected chi connectivity index (χ4v) is 2.89. The maximum absolute atomic E-state index is 11.4. The van der Waals surface area contributed by atoms with Crippen LogP contribution >= 0.6 is 0 Å². The van der Waals surface area contributed by atoms with Gasteiger partial charge in [0.25, 0.3) is 5.91 Å². The maximum Gasteiger partial charge on any atom is 0.266 e. The van der Waals surface area contributed by atoms with E-state index in [4.69, 9.17) is 5.84 Å². The summed E-state index contributed by atoms with van der Waals surface area (Å²) in [5.41, 5.74) is 3.62. The van der Waals surface area contributed by atoms with Crippen molar-refractivity contribution < 1.29 is 4.79 Å². The van der Waals surface area contributed by atoms with Crippen molar-refractivity contribution in [1.29, 1.82) is 0 Å². The van der Waals surface area contributed by atoms with Crippen LogP contribution in [0.4, 0.5) is 0 Å². The number of carbonyl (C=O) groups is 1. The number of hydrogen-bond acceptors (Lipinski definition) is 4. The van der Waals surface area contributed by atoms with Crippen molar-refractivity contribution >= 4 is 5.91 Å². The number of hydrazine groups is 1. The third-order valence-corrected chi connectivity index (χ3v) is 4.08. The van der Waals surface area contributed by atoms with Gasteiger partial charge in [-0.2, -0.15) is 0 Å². The molecule has 0 unspecified atom stereocenters. The monoisotopic (exact) mass is 276 g/mol. The van der Waals surface area contributed by atoms with Gasteiger partial charge >= 0.3 is 0 Å². The van der Waals surface area contributed by atoms with Crippen LogP contribution in [0.3, 0.4) is 0 Å². The van der Waals surface area contributed by atoms with E-state index in [0.29, 0.717) is 11.6 Å². The Bertz CT molecular complexity index is 426. The molecule has 1 aromatic rings. The highest BCUT2D eigenvalue weighted by molar-refractivity contribution is 5.93. The van der Waals surface area contributed by atoms with Gasteiger partial charge in [0.2, 0.25) is 0 Å². The van der Waals surface area contributed by atoms with Crippen LogP contribution in [0.2, 0.25) is 0 Å². The average molecular weight is 276 g/mol. The summed E-state index contributed by atoms with van der Waals surface area (Å²) < 4.78 is 0. The molecule has 1 aliphatic carbocycles. The molecule has 1 aliphatic rings. The van der Waals surface area contributed by atoms with Gasteiger partial charge < -0.3 is 0 Å². The van der Waals surface area contributed by atoms with Crippen LogP contribution in [-0.2, 0) is 6.54 Å². The first-order chi connectivity index (χ1) is 9.74. The van der Waals surface area contributed by atoms with E-state index in [9.17, 15) is 4.79 Å². The lowest BCUT2D eigenvalue weighted by Gasteiger charge is -2.33. The smallest absolute Gasteiger partial charge is 0.266 e. The number of hydrogen-bond donors (Lipinski definition) is 2. The molecule has 1 aromatic heterocycles. The average Bonchev–Trinajstić information content (AvgIpc) is 2.53. The van der Waals surface area contributed by atoms with Gasteiger partial charge in [0.05, 0.1) is 11.3 Å². The number of nitrogens with one attached hydrogen (secondary N) is 1. The van der Waals surface area contributed by atoms with Crippen LogP contribution in [0.5, 0.6) is 0 Å². The van der Waals surface area contributed by atoms with E-state index < -0.39 is 0 Å². The Kier molecular flexibility index (Phi) is 5.49.